The maximum Gasteiger partial charge on any atom is 0.185 e. The second kappa shape index (κ2) is 8.48. The Kier molecular flexibility index (Phi) is 7.28. The molecule has 0 aliphatic rings. The number of aryl methyl sites for hydroxylation is 1. The predicted octanol–water partition coefficient (Wildman–Crippen LogP) is 3.58. The summed E-state index contributed by atoms with van der Waals surface area (Å²) in [7, 11) is 0. The Morgan fingerprint density at radius 3 is 2.61 bits per heavy atom. The molecule has 0 spiro atoms. The molecule has 0 saturated carbocycles. The molecule has 1 rings (SSSR count). The maximum absolute atomic E-state index is 4.72. The molecule has 18 heavy (non-hydrogen) atoms. The first-order chi connectivity index (χ1) is 8.72. The van der Waals surface area contributed by atoms with E-state index in [1.54, 1.807) is 0 Å². The highest BCUT2D eigenvalue weighted by molar-refractivity contribution is 7.15. The van der Waals surface area contributed by atoms with Crippen LogP contribution in [-0.4, -0.2) is 24.6 Å². The molecule has 1 aromatic rings. The molecule has 0 aromatic carbocycles. The van der Waals surface area contributed by atoms with Crippen molar-refractivity contribution in [2.45, 2.75) is 53.5 Å². The Hall–Kier alpha value is -0.610. The zero-order chi connectivity index (χ0) is 13.4. The fourth-order valence-electron chi connectivity index (χ4n) is 1.83. The van der Waals surface area contributed by atoms with Gasteiger partial charge in [-0.1, -0.05) is 20.3 Å². The summed E-state index contributed by atoms with van der Waals surface area (Å²) in [5.41, 5.74) is 1.19. The Bertz CT molecular complexity index is 336. The van der Waals surface area contributed by atoms with Gasteiger partial charge in [0.1, 0.15) is 0 Å². The second-order valence-corrected chi connectivity index (χ2v) is 5.68. The van der Waals surface area contributed by atoms with Crippen molar-refractivity contribution in [3.8, 4) is 0 Å². The molecule has 0 atom stereocenters. The van der Waals surface area contributed by atoms with Gasteiger partial charge in [-0.15, -0.1) is 11.3 Å². The van der Waals surface area contributed by atoms with Gasteiger partial charge in [0.05, 0.1) is 5.69 Å². The lowest BCUT2D eigenvalue weighted by Crippen LogP contribution is -2.23. The van der Waals surface area contributed by atoms with E-state index in [0.717, 1.165) is 26.2 Å². The first-order valence-corrected chi connectivity index (χ1v) is 7.96. The number of rotatable bonds is 9. The van der Waals surface area contributed by atoms with Crippen molar-refractivity contribution in [3.63, 3.8) is 0 Å². The molecule has 4 heteroatoms. The summed E-state index contributed by atoms with van der Waals surface area (Å²) in [5, 5.41) is 4.65. The van der Waals surface area contributed by atoms with Crippen LogP contribution in [0.1, 0.15) is 50.6 Å². The average molecular weight is 269 g/mol. The van der Waals surface area contributed by atoms with Crippen LogP contribution in [0.2, 0.25) is 0 Å². The molecule has 3 nitrogen and oxygen atoms in total. The van der Waals surface area contributed by atoms with Gasteiger partial charge in [0.15, 0.2) is 5.13 Å². The van der Waals surface area contributed by atoms with Gasteiger partial charge in [0, 0.05) is 24.5 Å². The van der Waals surface area contributed by atoms with Crippen LogP contribution in [0.4, 0.5) is 5.13 Å². The maximum atomic E-state index is 4.72. The molecule has 0 radical (unpaired) electrons. The fourth-order valence-corrected chi connectivity index (χ4v) is 2.95. The van der Waals surface area contributed by atoms with E-state index in [-0.39, 0.29) is 0 Å². The summed E-state index contributed by atoms with van der Waals surface area (Å²) < 4.78 is 0. The largest absolute Gasteiger partial charge is 0.348 e. The molecule has 0 fully saturated rings. The zero-order valence-electron chi connectivity index (χ0n) is 12.3. The first-order valence-electron chi connectivity index (χ1n) is 7.14. The van der Waals surface area contributed by atoms with Gasteiger partial charge in [-0.3, -0.25) is 0 Å². The smallest absolute Gasteiger partial charge is 0.185 e. The normalized spacial score (nSPS) is 10.9. The molecule has 0 bridgehead atoms. The molecule has 0 saturated heterocycles. The number of hydrogen-bond donors (Lipinski definition) is 1. The summed E-state index contributed by atoms with van der Waals surface area (Å²) in [4.78, 5) is 8.49. The van der Waals surface area contributed by atoms with Gasteiger partial charge < -0.3 is 10.2 Å². The van der Waals surface area contributed by atoms with Crippen LogP contribution < -0.4 is 10.2 Å². The summed E-state index contributed by atoms with van der Waals surface area (Å²) in [6, 6.07) is 0. The van der Waals surface area contributed by atoms with E-state index in [4.69, 9.17) is 4.98 Å². The van der Waals surface area contributed by atoms with Crippen molar-refractivity contribution >= 4 is 16.5 Å². The summed E-state index contributed by atoms with van der Waals surface area (Å²) in [6.45, 7) is 13.0. The van der Waals surface area contributed by atoms with E-state index >= 15 is 0 Å². The van der Waals surface area contributed by atoms with Gasteiger partial charge in [-0.2, -0.15) is 0 Å². The monoisotopic (exact) mass is 269 g/mol. The SMILES string of the molecule is CCCCN(CC)c1nc(C)c(CNCCC)s1. The van der Waals surface area contributed by atoms with Crippen LogP contribution in [-0.2, 0) is 6.54 Å². The van der Waals surface area contributed by atoms with E-state index in [0.29, 0.717) is 0 Å². The third-order valence-corrected chi connectivity index (χ3v) is 4.25. The third-order valence-electron chi connectivity index (χ3n) is 3.03. The lowest BCUT2D eigenvalue weighted by molar-refractivity contribution is 0.678. The first kappa shape index (κ1) is 15.4. The van der Waals surface area contributed by atoms with Crippen LogP contribution in [0, 0.1) is 6.92 Å². The molecule has 0 aliphatic carbocycles. The van der Waals surface area contributed by atoms with E-state index < -0.39 is 0 Å². The van der Waals surface area contributed by atoms with Crippen LogP contribution in [0.25, 0.3) is 0 Å². The van der Waals surface area contributed by atoms with E-state index in [1.165, 1.54) is 35.0 Å². The third kappa shape index (κ3) is 4.58. The van der Waals surface area contributed by atoms with Gasteiger partial charge in [-0.25, -0.2) is 4.98 Å². The summed E-state index contributed by atoms with van der Waals surface area (Å²) in [6.07, 6.45) is 3.67. The second-order valence-electron chi connectivity index (χ2n) is 4.62. The van der Waals surface area contributed by atoms with E-state index in [1.807, 2.05) is 11.3 Å². The van der Waals surface area contributed by atoms with E-state index in [2.05, 4.69) is 37.9 Å². The number of anilines is 1. The molecule has 0 amide bonds. The highest BCUT2D eigenvalue weighted by Gasteiger charge is 2.12. The molecule has 104 valence electrons. The quantitative estimate of drug-likeness (QED) is 0.695. The van der Waals surface area contributed by atoms with Crippen molar-refractivity contribution in [1.29, 1.82) is 0 Å². The Balaban J connectivity index is 2.62. The summed E-state index contributed by atoms with van der Waals surface area (Å²) in [5.74, 6) is 0. The average Bonchev–Trinajstić information content (AvgIpc) is 2.72. The zero-order valence-corrected chi connectivity index (χ0v) is 13.1. The minimum absolute atomic E-state index is 0.961. The van der Waals surface area contributed by atoms with Crippen molar-refractivity contribution in [2.75, 3.05) is 24.5 Å². The van der Waals surface area contributed by atoms with Crippen LogP contribution in [0.3, 0.4) is 0 Å². The molecule has 1 N–H and O–H groups in total. The molecule has 0 unspecified atom stereocenters. The van der Waals surface area contributed by atoms with Gasteiger partial charge >= 0.3 is 0 Å². The van der Waals surface area contributed by atoms with Crippen LogP contribution in [0.15, 0.2) is 0 Å². The fraction of sp³-hybridized carbons (Fsp3) is 0.786. The Morgan fingerprint density at radius 1 is 1.22 bits per heavy atom. The van der Waals surface area contributed by atoms with Crippen molar-refractivity contribution in [3.05, 3.63) is 10.6 Å². The minimum atomic E-state index is 0.961. The topological polar surface area (TPSA) is 28.2 Å². The number of unbranched alkanes of at least 4 members (excludes halogenated alkanes) is 1. The number of aromatic nitrogens is 1. The highest BCUT2D eigenvalue weighted by atomic mass is 32.1. The lowest BCUT2D eigenvalue weighted by atomic mass is 10.3. The lowest BCUT2D eigenvalue weighted by Gasteiger charge is -2.19. The molecular formula is C14H27N3S. The number of nitrogens with one attached hydrogen (secondary N) is 1. The van der Waals surface area contributed by atoms with Gasteiger partial charge in [-0.05, 0) is 33.2 Å². The molecule has 1 aromatic heterocycles. The molecular weight excluding hydrogens is 242 g/mol. The predicted molar refractivity (Wildman–Crippen MR) is 81.6 cm³/mol. The van der Waals surface area contributed by atoms with Crippen LogP contribution >= 0.6 is 11.3 Å². The molecule has 0 aliphatic heterocycles. The van der Waals surface area contributed by atoms with Gasteiger partial charge in [0.25, 0.3) is 0 Å². The number of nitrogens with zero attached hydrogens (tertiary/aromatic N) is 2. The van der Waals surface area contributed by atoms with Crippen molar-refractivity contribution in [1.82, 2.24) is 10.3 Å². The minimum Gasteiger partial charge on any atom is -0.348 e. The van der Waals surface area contributed by atoms with Crippen molar-refractivity contribution in [2.24, 2.45) is 0 Å². The summed E-state index contributed by atoms with van der Waals surface area (Å²) >= 11 is 1.85. The number of thiazole rings is 1. The van der Waals surface area contributed by atoms with Gasteiger partial charge in [0.2, 0.25) is 0 Å². The Morgan fingerprint density at radius 2 is 2.00 bits per heavy atom. The van der Waals surface area contributed by atoms with Crippen molar-refractivity contribution < 1.29 is 0 Å². The molecule has 1 heterocycles. The van der Waals surface area contributed by atoms with E-state index in [9.17, 15) is 0 Å². The standard InChI is InChI=1S/C14H27N3S/c1-5-8-10-17(7-3)14-16-12(4)13(18-14)11-15-9-6-2/h15H,5-11H2,1-4H3. The van der Waals surface area contributed by atoms with Crippen LogP contribution in [0.5, 0.6) is 0 Å². The highest BCUT2D eigenvalue weighted by Crippen LogP contribution is 2.26. The number of hydrogen-bond acceptors (Lipinski definition) is 4. The Labute approximate surface area is 116 Å².